The van der Waals surface area contributed by atoms with Gasteiger partial charge >= 0.3 is 0 Å². The minimum absolute atomic E-state index is 0.391. The highest BCUT2D eigenvalue weighted by Gasteiger charge is 2.33. The van der Waals surface area contributed by atoms with E-state index in [1.807, 2.05) is 11.8 Å². The Balaban J connectivity index is 1.90. The van der Waals surface area contributed by atoms with Crippen LogP contribution in [0.4, 0.5) is 0 Å². The summed E-state index contributed by atoms with van der Waals surface area (Å²) in [5, 5.41) is 0. The number of allylic oxidation sites excluding steroid dienone is 4. The monoisotopic (exact) mass is 288 g/mol. The van der Waals surface area contributed by atoms with Gasteiger partial charge in [-0.2, -0.15) is 0 Å². The number of rotatable bonds is 1. The van der Waals surface area contributed by atoms with Crippen LogP contribution in [-0.4, -0.2) is 6.71 Å². The third-order valence-corrected chi connectivity index (χ3v) is 5.58. The molecule has 1 aliphatic heterocycles. The number of thioether (sulfide) groups is 1. The largest absolute Gasteiger partial charge is 0.243 e. The van der Waals surface area contributed by atoms with Crippen LogP contribution < -0.4 is 10.9 Å². The Morgan fingerprint density at radius 2 is 1.76 bits per heavy atom. The summed E-state index contributed by atoms with van der Waals surface area (Å²) in [6.45, 7) is 2.70. The van der Waals surface area contributed by atoms with Crippen molar-refractivity contribution in [2.24, 2.45) is 5.92 Å². The van der Waals surface area contributed by atoms with Gasteiger partial charge in [-0.15, -0.1) is 0 Å². The molecule has 2 aromatic rings. The molecule has 0 radical (unpaired) electrons. The quantitative estimate of drug-likeness (QED) is 0.719. The summed E-state index contributed by atoms with van der Waals surface area (Å²) in [5.74, 6) is 0.651. The minimum atomic E-state index is 0.391. The smallest absolute Gasteiger partial charge is 0.0956 e. The van der Waals surface area contributed by atoms with Crippen molar-refractivity contribution in [3.63, 3.8) is 0 Å². The first-order valence-corrected chi connectivity index (χ1v) is 8.37. The molecular weight excluding hydrogens is 271 g/mol. The molecule has 0 amide bonds. The molecule has 21 heavy (non-hydrogen) atoms. The van der Waals surface area contributed by atoms with Gasteiger partial charge in [0.2, 0.25) is 6.71 Å². The van der Waals surface area contributed by atoms with E-state index < -0.39 is 0 Å². The van der Waals surface area contributed by atoms with Gasteiger partial charge in [0.1, 0.15) is 0 Å². The highest BCUT2D eigenvalue weighted by molar-refractivity contribution is 8.03. The molecule has 0 saturated carbocycles. The summed E-state index contributed by atoms with van der Waals surface area (Å²) in [7, 11) is 0. The normalized spacial score (nSPS) is 20.2. The summed E-state index contributed by atoms with van der Waals surface area (Å²) in [4.78, 5) is 2.98. The molecule has 1 heterocycles. The van der Waals surface area contributed by atoms with Gasteiger partial charge in [-0.3, -0.25) is 0 Å². The summed E-state index contributed by atoms with van der Waals surface area (Å²) in [6.07, 6.45) is 5.90. The van der Waals surface area contributed by atoms with Crippen molar-refractivity contribution in [2.45, 2.75) is 18.2 Å². The molecule has 0 fully saturated rings. The highest BCUT2D eigenvalue weighted by Crippen LogP contribution is 2.40. The predicted octanol–water partition coefficient (Wildman–Crippen LogP) is 3.79. The molecule has 0 nitrogen and oxygen atoms in total. The van der Waals surface area contributed by atoms with E-state index in [1.165, 1.54) is 27.7 Å². The number of benzene rings is 2. The first-order valence-electron chi connectivity index (χ1n) is 7.56. The molecule has 1 aliphatic carbocycles. The molecular formula is C19H17BS. The SMILES string of the molecule is CC1C=CC2=C(C1)Sc1ccccc1B2c1ccccc1. The summed E-state index contributed by atoms with van der Waals surface area (Å²) in [6, 6.07) is 19.8. The average molecular weight is 288 g/mol. The van der Waals surface area contributed by atoms with Crippen molar-refractivity contribution in [3.8, 4) is 0 Å². The molecule has 2 aromatic carbocycles. The van der Waals surface area contributed by atoms with Crippen molar-refractivity contribution in [1.82, 2.24) is 0 Å². The maximum absolute atomic E-state index is 2.37. The van der Waals surface area contributed by atoms with Crippen molar-refractivity contribution in [2.75, 3.05) is 0 Å². The maximum atomic E-state index is 2.37. The molecule has 0 spiro atoms. The van der Waals surface area contributed by atoms with E-state index in [0.717, 1.165) is 0 Å². The zero-order chi connectivity index (χ0) is 14.2. The van der Waals surface area contributed by atoms with E-state index in [1.54, 1.807) is 4.91 Å². The predicted molar refractivity (Wildman–Crippen MR) is 93.7 cm³/mol. The fourth-order valence-corrected chi connectivity index (χ4v) is 4.68. The third-order valence-electron chi connectivity index (χ3n) is 4.34. The third kappa shape index (κ3) is 2.28. The Morgan fingerprint density at radius 1 is 1.00 bits per heavy atom. The van der Waals surface area contributed by atoms with E-state index in [-0.39, 0.29) is 0 Å². The van der Waals surface area contributed by atoms with E-state index in [4.69, 9.17) is 0 Å². The number of fused-ring (bicyclic) bond motifs is 1. The van der Waals surface area contributed by atoms with Crippen LogP contribution in [0, 0.1) is 5.92 Å². The zero-order valence-corrected chi connectivity index (χ0v) is 12.9. The van der Waals surface area contributed by atoms with Crippen LogP contribution in [0.15, 0.2) is 82.0 Å². The van der Waals surface area contributed by atoms with Gasteiger partial charge in [-0.25, -0.2) is 0 Å². The van der Waals surface area contributed by atoms with E-state index in [0.29, 0.717) is 12.6 Å². The Bertz CT molecular complexity index is 730. The Labute approximate surface area is 131 Å². The minimum Gasteiger partial charge on any atom is -0.0956 e. The molecule has 1 atom stereocenters. The van der Waals surface area contributed by atoms with Crippen LogP contribution >= 0.6 is 11.8 Å². The van der Waals surface area contributed by atoms with Crippen molar-refractivity contribution >= 4 is 29.4 Å². The van der Waals surface area contributed by atoms with Crippen LogP contribution in [0.25, 0.3) is 0 Å². The molecule has 0 bridgehead atoms. The second-order valence-corrected chi connectivity index (χ2v) is 7.04. The van der Waals surface area contributed by atoms with Crippen LogP contribution in [0.2, 0.25) is 0 Å². The Morgan fingerprint density at radius 3 is 2.62 bits per heavy atom. The van der Waals surface area contributed by atoms with Crippen molar-refractivity contribution in [1.29, 1.82) is 0 Å². The maximum Gasteiger partial charge on any atom is 0.243 e. The average Bonchev–Trinajstić information content (AvgIpc) is 2.53. The Hall–Kier alpha value is -1.67. The van der Waals surface area contributed by atoms with E-state index in [2.05, 4.69) is 73.7 Å². The van der Waals surface area contributed by atoms with E-state index in [9.17, 15) is 0 Å². The van der Waals surface area contributed by atoms with Gasteiger partial charge < -0.3 is 0 Å². The lowest BCUT2D eigenvalue weighted by molar-refractivity contribution is 0.727. The van der Waals surface area contributed by atoms with Crippen LogP contribution in [0.3, 0.4) is 0 Å². The van der Waals surface area contributed by atoms with Gasteiger partial charge in [0.15, 0.2) is 0 Å². The molecule has 102 valence electrons. The molecule has 4 rings (SSSR count). The first-order chi connectivity index (χ1) is 10.3. The molecule has 0 aromatic heterocycles. The number of hydrogen-bond donors (Lipinski definition) is 0. The van der Waals surface area contributed by atoms with Gasteiger partial charge in [-0.05, 0) is 23.3 Å². The lowest BCUT2D eigenvalue weighted by Crippen LogP contribution is -2.47. The summed E-state index contributed by atoms with van der Waals surface area (Å²) in [5.41, 5.74) is 4.35. The van der Waals surface area contributed by atoms with Crippen LogP contribution in [0.5, 0.6) is 0 Å². The lowest BCUT2D eigenvalue weighted by Gasteiger charge is -2.30. The molecule has 0 saturated heterocycles. The van der Waals surface area contributed by atoms with Crippen molar-refractivity contribution in [3.05, 3.63) is 77.1 Å². The second kappa shape index (κ2) is 5.27. The number of hydrogen-bond acceptors (Lipinski definition) is 1. The zero-order valence-electron chi connectivity index (χ0n) is 12.1. The van der Waals surface area contributed by atoms with Gasteiger partial charge in [0.25, 0.3) is 0 Å². The summed E-state index contributed by atoms with van der Waals surface area (Å²) < 4.78 is 0. The van der Waals surface area contributed by atoms with Gasteiger partial charge in [-0.1, -0.05) is 95.8 Å². The van der Waals surface area contributed by atoms with Crippen LogP contribution in [-0.2, 0) is 0 Å². The lowest BCUT2D eigenvalue weighted by atomic mass is 9.35. The molecule has 2 aliphatic rings. The second-order valence-electron chi connectivity index (χ2n) is 5.90. The van der Waals surface area contributed by atoms with E-state index >= 15 is 0 Å². The molecule has 0 N–H and O–H groups in total. The molecule has 1 unspecified atom stereocenters. The van der Waals surface area contributed by atoms with Crippen LogP contribution in [0.1, 0.15) is 13.3 Å². The topological polar surface area (TPSA) is 0 Å². The first kappa shape index (κ1) is 13.0. The standard InChI is InChI=1S/C19H17BS/c1-14-11-12-17-19(13-14)21-18-10-6-5-9-16(18)20(17)15-7-3-2-4-8-15/h2-12,14H,13H2,1H3. The van der Waals surface area contributed by atoms with Crippen molar-refractivity contribution < 1.29 is 0 Å². The fraction of sp³-hybridized carbons (Fsp3) is 0.158. The summed E-state index contributed by atoms with van der Waals surface area (Å²) >= 11 is 1.97. The Kier molecular flexibility index (Phi) is 3.27. The molecule has 2 heteroatoms. The van der Waals surface area contributed by atoms with Gasteiger partial charge in [0.05, 0.1) is 0 Å². The fourth-order valence-electron chi connectivity index (χ4n) is 3.31. The van der Waals surface area contributed by atoms with Gasteiger partial charge in [0, 0.05) is 4.90 Å². The highest BCUT2D eigenvalue weighted by atomic mass is 32.2.